The number of nitrogens with zero attached hydrogens (tertiary/aromatic N) is 1. The maximum absolute atomic E-state index is 12.5. The first-order valence-electron chi connectivity index (χ1n) is 6.76. The standard InChI is InChI=1S/C17H20N2O2/c1-12-10-14(18)6-9-16(12)17(20)19(2)11-13-4-7-15(21-3)8-5-13/h4-10H,11,18H2,1-3H3. The monoisotopic (exact) mass is 284 g/mol. The molecule has 0 fully saturated rings. The van der Waals surface area contributed by atoms with E-state index >= 15 is 0 Å². The van der Waals surface area contributed by atoms with E-state index in [1.165, 1.54) is 0 Å². The molecule has 2 N–H and O–H groups in total. The minimum absolute atomic E-state index is 0.0108. The molecule has 0 saturated heterocycles. The Morgan fingerprint density at radius 3 is 2.43 bits per heavy atom. The van der Waals surface area contributed by atoms with Crippen LogP contribution in [0.4, 0.5) is 5.69 Å². The number of methoxy groups -OCH3 is 1. The average molecular weight is 284 g/mol. The molecule has 2 rings (SSSR count). The lowest BCUT2D eigenvalue weighted by molar-refractivity contribution is 0.0784. The Labute approximate surface area is 125 Å². The third-order valence-electron chi connectivity index (χ3n) is 3.41. The van der Waals surface area contributed by atoms with Gasteiger partial charge in [0, 0.05) is 24.8 Å². The van der Waals surface area contributed by atoms with Crippen LogP contribution >= 0.6 is 0 Å². The van der Waals surface area contributed by atoms with E-state index in [9.17, 15) is 4.79 Å². The topological polar surface area (TPSA) is 55.6 Å². The Morgan fingerprint density at radius 1 is 1.19 bits per heavy atom. The van der Waals surface area contributed by atoms with Gasteiger partial charge in [-0.25, -0.2) is 0 Å². The molecule has 0 aliphatic heterocycles. The summed E-state index contributed by atoms with van der Waals surface area (Å²) in [5, 5.41) is 0. The van der Waals surface area contributed by atoms with E-state index in [0.29, 0.717) is 17.8 Å². The van der Waals surface area contributed by atoms with Crippen LogP contribution < -0.4 is 10.5 Å². The fourth-order valence-electron chi connectivity index (χ4n) is 2.21. The lowest BCUT2D eigenvalue weighted by atomic mass is 10.1. The van der Waals surface area contributed by atoms with Gasteiger partial charge in [-0.05, 0) is 48.4 Å². The number of nitrogen functional groups attached to an aromatic ring is 1. The van der Waals surface area contributed by atoms with Crippen LogP contribution in [0.3, 0.4) is 0 Å². The van der Waals surface area contributed by atoms with E-state index in [2.05, 4.69) is 0 Å². The van der Waals surface area contributed by atoms with Crippen LogP contribution in [0.25, 0.3) is 0 Å². The molecular formula is C17H20N2O2. The Kier molecular flexibility index (Phi) is 4.48. The molecule has 0 aliphatic carbocycles. The highest BCUT2D eigenvalue weighted by Crippen LogP contribution is 2.17. The molecule has 1 amide bonds. The van der Waals surface area contributed by atoms with Crippen molar-refractivity contribution in [1.82, 2.24) is 4.90 Å². The zero-order valence-electron chi connectivity index (χ0n) is 12.6. The van der Waals surface area contributed by atoms with Gasteiger partial charge in [0.05, 0.1) is 7.11 Å². The van der Waals surface area contributed by atoms with E-state index in [4.69, 9.17) is 10.5 Å². The highest BCUT2D eigenvalue weighted by molar-refractivity contribution is 5.95. The molecule has 2 aromatic carbocycles. The lowest BCUT2D eigenvalue weighted by Crippen LogP contribution is -2.26. The quantitative estimate of drug-likeness (QED) is 0.878. The van der Waals surface area contributed by atoms with Gasteiger partial charge in [-0.15, -0.1) is 0 Å². The zero-order chi connectivity index (χ0) is 15.4. The minimum Gasteiger partial charge on any atom is -0.497 e. The smallest absolute Gasteiger partial charge is 0.254 e. The van der Waals surface area contributed by atoms with Crippen LogP contribution in [0.2, 0.25) is 0 Å². The first-order valence-corrected chi connectivity index (χ1v) is 6.76. The average Bonchev–Trinajstić information content (AvgIpc) is 2.47. The summed E-state index contributed by atoms with van der Waals surface area (Å²) in [6.45, 7) is 2.44. The number of hydrogen-bond acceptors (Lipinski definition) is 3. The molecule has 0 atom stereocenters. The van der Waals surface area contributed by atoms with Crippen molar-refractivity contribution < 1.29 is 9.53 Å². The van der Waals surface area contributed by atoms with Crippen LogP contribution in [0.5, 0.6) is 5.75 Å². The summed E-state index contributed by atoms with van der Waals surface area (Å²) in [7, 11) is 3.43. The van der Waals surface area contributed by atoms with Crippen molar-refractivity contribution in [3.8, 4) is 5.75 Å². The molecule has 0 heterocycles. The van der Waals surface area contributed by atoms with Crippen molar-refractivity contribution in [2.45, 2.75) is 13.5 Å². The number of aryl methyl sites for hydroxylation is 1. The molecule has 110 valence electrons. The molecule has 0 aromatic heterocycles. The molecule has 0 aliphatic rings. The van der Waals surface area contributed by atoms with Crippen molar-refractivity contribution in [2.75, 3.05) is 19.9 Å². The van der Waals surface area contributed by atoms with Crippen molar-refractivity contribution in [1.29, 1.82) is 0 Å². The zero-order valence-corrected chi connectivity index (χ0v) is 12.6. The molecule has 0 bridgehead atoms. The highest BCUT2D eigenvalue weighted by atomic mass is 16.5. The summed E-state index contributed by atoms with van der Waals surface area (Å²) >= 11 is 0. The third kappa shape index (κ3) is 3.54. The van der Waals surface area contributed by atoms with Gasteiger partial charge in [0.1, 0.15) is 5.75 Å². The predicted molar refractivity (Wildman–Crippen MR) is 84.4 cm³/mol. The van der Waals surface area contributed by atoms with Gasteiger partial charge in [-0.2, -0.15) is 0 Å². The fraction of sp³-hybridized carbons (Fsp3) is 0.235. The van der Waals surface area contributed by atoms with Gasteiger partial charge in [0.2, 0.25) is 0 Å². The molecular weight excluding hydrogens is 264 g/mol. The molecule has 0 unspecified atom stereocenters. The second kappa shape index (κ2) is 6.31. The summed E-state index contributed by atoms with van der Waals surface area (Å²) in [6.07, 6.45) is 0. The molecule has 4 heteroatoms. The van der Waals surface area contributed by atoms with Crippen LogP contribution in [0.15, 0.2) is 42.5 Å². The van der Waals surface area contributed by atoms with E-state index in [1.807, 2.05) is 37.3 Å². The number of benzene rings is 2. The maximum atomic E-state index is 12.5. The maximum Gasteiger partial charge on any atom is 0.254 e. The minimum atomic E-state index is -0.0108. The Balaban J connectivity index is 2.11. The molecule has 4 nitrogen and oxygen atoms in total. The Bertz CT molecular complexity index is 636. The SMILES string of the molecule is COc1ccc(CN(C)C(=O)c2ccc(N)cc2C)cc1. The van der Waals surface area contributed by atoms with Gasteiger partial charge < -0.3 is 15.4 Å². The van der Waals surface area contributed by atoms with E-state index in [-0.39, 0.29) is 5.91 Å². The van der Waals surface area contributed by atoms with Crippen LogP contribution in [0.1, 0.15) is 21.5 Å². The number of anilines is 1. The van der Waals surface area contributed by atoms with Crippen molar-refractivity contribution >= 4 is 11.6 Å². The molecule has 21 heavy (non-hydrogen) atoms. The van der Waals surface area contributed by atoms with Gasteiger partial charge >= 0.3 is 0 Å². The summed E-state index contributed by atoms with van der Waals surface area (Å²) in [5.74, 6) is 0.797. The Morgan fingerprint density at radius 2 is 1.86 bits per heavy atom. The summed E-state index contributed by atoms with van der Waals surface area (Å²) in [5.41, 5.74) is 9.01. The van der Waals surface area contributed by atoms with Crippen molar-refractivity contribution in [3.63, 3.8) is 0 Å². The summed E-state index contributed by atoms with van der Waals surface area (Å²) < 4.78 is 5.13. The van der Waals surface area contributed by atoms with E-state index < -0.39 is 0 Å². The van der Waals surface area contributed by atoms with E-state index in [0.717, 1.165) is 16.9 Å². The van der Waals surface area contributed by atoms with Gasteiger partial charge in [0.25, 0.3) is 5.91 Å². The second-order valence-corrected chi connectivity index (χ2v) is 5.08. The third-order valence-corrected chi connectivity index (χ3v) is 3.41. The number of nitrogens with two attached hydrogens (primary N) is 1. The van der Waals surface area contributed by atoms with Crippen LogP contribution in [-0.2, 0) is 6.54 Å². The lowest BCUT2D eigenvalue weighted by Gasteiger charge is -2.19. The van der Waals surface area contributed by atoms with Crippen molar-refractivity contribution in [3.05, 3.63) is 59.2 Å². The fourth-order valence-corrected chi connectivity index (χ4v) is 2.21. The van der Waals surface area contributed by atoms with Gasteiger partial charge in [0.15, 0.2) is 0 Å². The predicted octanol–water partition coefficient (Wildman–Crippen LogP) is 2.86. The van der Waals surface area contributed by atoms with Gasteiger partial charge in [-0.3, -0.25) is 4.79 Å². The first kappa shape index (κ1) is 14.9. The first-order chi connectivity index (χ1) is 10.0. The second-order valence-electron chi connectivity index (χ2n) is 5.08. The van der Waals surface area contributed by atoms with Crippen molar-refractivity contribution in [2.24, 2.45) is 0 Å². The molecule has 0 saturated carbocycles. The summed E-state index contributed by atoms with van der Waals surface area (Å²) in [4.78, 5) is 14.2. The number of carbonyl (C=O) groups is 1. The van der Waals surface area contributed by atoms with Gasteiger partial charge in [-0.1, -0.05) is 12.1 Å². The van der Waals surface area contributed by atoms with E-state index in [1.54, 1.807) is 31.2 Å². The number of hydrogen-bond donors (Lipinski definition) is 1. The molecule has 2 aromatic rings. The number of ether oxygens (including phenoxy) is 1. The summed E-state index contributed by atoms with van der Waals surface area (Å²) in [6, 6.07) is 13.0. The molecule has 0 radical (unpaired) electrons. The number of rotatable bonds is 4. The Hall–Kier alpha value is -2.49. The normalized spacial score (nSPS) is 10.2. The number of carbonyl (C=O) groups excluding carboxylic acids is 1. The number of amides is 1. The van der Waals surface area contributed by atoms with Crippen LogP contribution in [0, 0.1) is 6.92 Å². The molecule has 0 spiro atoms. The van der Waals surface area contributed by atoms with Crippen LogP contribution in [-0.4, -0.2) is 25.0 Å². The highest BCUT2D eigenvalue weighted by Gasteiger charge is 2.14. The largest absolute Gasteiger partial charge is 0.497 e.